The zero-order valence-electron chi connectivity index (χ0n) is 17.0. The van der Waals surface area contributed by atoms with E-state index in [4.69, 9.17) is 9.26 Å². The average molecular weight is 433 g/mol. The Morgan fingerprint density at radius 1 is 1.23 bits per heavy atom. The highest BCUT2D eigenvalue weighted by Gasteiger charge is 2.17. The van der Waals surface area contributed by atoms with Gasteiger partial charge in [0.2, 0.25) is 5.91 Å². The van der Waals surface area contributed by atoms with Gasteiger partial charge < -0.3 is 14.6 Å². The minimum atomic E-state index is -3.45. The normalized spacial score (nSPS) is 11.6. The average Bonchev–Trinajstić information content (AvgIpc) is 3.08. The molecular weight excluding hydrogens is 410 g/mol. The van der Waals surface area contributed by atoms with Gasteiger partial charge in [0.05, 0.1) is 22.0 Å². The summed E-state index contributed by atoms with van der Waals surface area (Å²) in [5.41, 5.74) is 0.601. The molecule has 9 nitrogen and oxygen atoms in total. The molecule has 2 heterocycles. The number of rotatable bonds is 8. The Morgan fingerprint density at radius 2 is 2.00 bits per heavy atom. The molecule has 0 saturated heterocycles. The molecule has 3 rings (SSSR count). The van der Waals surface area contributed by atoms with Gasteiger partial charge in [-0.15, -0.1) is 4.57 Å². The highest BCUT2D eigenvalue weighted by Crippen LogP contribution is 2.29. The van der Waals surface area contributed by atoms with Gasteiger partial charge in [-0.3, -0.25) is 9.59 Å². The highest BCUT2D eigenvalue weighted by molar-refractivity contribution is 7.91. The van der Waals surface area contributed by atoms with Gasteiger partial charge in [0.1, 0.15) is 18.1 Å². The molecule has 0 radical (unpaired) electrons. The molecular formula is C20H23N3O6S. The van der Waals surface area contributed by atoms with Gasteiger partial charge >= 0.3 is 0 Å². The molecule has 1 aromatic carbocycles. The maximum atomic E-state index is 12.2. The number of hydrogen-bond acceptors (Lipinski definition) is 7. The molecule has 0 aliphatic carbocycles. The zero-order valence-corrected chi connectivity index (χ0v) is 17.8. The number of amides is 1. The molecule has 0 fully saturated rings. The molecule has 0 bridgehead atoms. The number of aromatic nitrogens is 2. The van der Waals surface area contributed by atoms with Crippen molar-refractivity contribution in [1.82, 2.24) is 9.56 Å². The molecule has 1 N–H and O–H groups in total. The van der Waals surface area contributed by atoms with Crippen molar-refractivity contribution >= 4 is 27.1 Å². The van der Waals surface area contributed by atoms with E-state index in [9.17, 15) is 18.0 Å². The SMILES string of the molecule is CCCC(=O)Nc1cc(S(=O)(=O)CC)ccc1OCc1cc(=O)n2oc(C)cc2n1. The topological polar surface area (TPSA) is 120 Å². The Morgan fingerprint density at radius 3 is 2.70 bits per heavy atom. The van der Waals surface area contributed by atoms with E-state index >= 15 is 0 Å². The van der Waals surface area contributed by atoms with E-state index in [0.29, 0.717) is 29.9 Å². The number of aryl methyl sites for hydroxylation is 1. The number of ether oxygens (including phenoxy) is 1. The molecule has 3 aromatic rings. The molecule has 10 heteroatoms. The Balaban J connectivity index is 1.90. The van der Waals surface area contributed by atoms with E-state index in [1.54, 1.807) is 19.9 Å². The van der Waals surface area contributed by atoms with Crippen LogP contribution in [0.5, 0.6) is 5.75 Å². The first-order valence-corrected chi connectivity index (χ1v) is 11.2. The monoisotopic (exact) mass is 433 g/mol. The second-order valence-electron chi connectivity index (χ2n) is 6.73. The molecule has 0 unspecified atom stereocenters. The summed E-state index contributed by atoms with van der Waals surface area (Å²) < 4.78 is 36.5. The Kier molecular flexibility index (Phi) is 6.25. The van der Waals surface area contributed by atoms with E-state index in [0.717, 1.165) is 4.57 Å². The van der Waals surface area contributed by atoms with Crippen LogP contribution in [0.1, 0.15) is 38.1 Å². The molecule has 160 valence electrons. The minimum absolute atomic E-state index is 0.0491. The van der Waals surface area contributed by atoms with Gasteiger partial charge in [0.25, 0.3) is 5.56 Å². The summed E-state index contributed by atoms with van der Waals surface area (Å²) in [4.78, 5) is 28.6. The summed E-state index contributed by atoms with van der Waals surface area (Å²) in [5.74, 6) is 0.513. The van der Waals surface area contributed by atoms with Crippen molar-refractivity contribution in [3.63, 3.8) is 0 Å². The number of sulfone groups is 1. The van der Waals surface area contributed by atoms with Crippen molar-refractivity contribution in [2.75, 3.05) is 11.1 Å². The predicted octanol–water partition coefficient (Wildman–Crippen LogP) is 2.71. The third-order valence-electron chi connectivity index (χ3n) is 4.34. The first kappa shape index (κ1) is 21.6. The Hall–Kier alpha value is -3.14. The van der Waals surface area contributed by atoms with Gasteiger partial charge in [-0.25, -0.2) is 13.4 Å². The predicted molar refractivity (Wildman–Crippen MR) is 111 cm³/mol. The van der Waals surface area contributed by atoms with E-state index in [-0.39, 0.29) is 40.2 Å². The van der Waals surface area contributed by atoms with Crippen LogP contribution in [0.4, 0.5) is 5.69 Å². The van der Waals surface area contributed by atoms with Crippen molar-refractivity contribution in [3.05, 3.63) is 52.1 Å². The van der Waals surface area contributed by atoms with Crippen molar-refractivity contribution < 1.29 is 22.5 Å². The lowest BCUT2D eigenvalue weighted by Gasteiger charge is -2.14. The fourth-order valence-electron chi connectivity index (χ4n) is 2.83. The summed E-state index contributed by atoms with van der Waals surface area (Å²) >= 11 is 0. The largest absolute Gasteiger partial charge is 0.485 e. The number of nitrogens with one attached hydrogen (secondary N) is 1. The number of fused-ring (bicyclic) bond motifs is 1. The molecule has 0 spiro atoms. The Bertz CT molecular complexity index is 1240. The summed E-state index contributed by atoms with van der Waals surface area (Å²) in [6, 6.07) is 7.21. The number of hydrogen-bond donors (Lipinski definition) is 1. The summed E-state index contributed by atoms with van der Waals surface area (Å²) in [6.45, 7) is 5.08. The zero-order chi connectivity index (χ0) is 21.9. The summed E-state index contributed by atoms with van der Waals surface area (Å²) in [7, 11) is -3.45. The van der Waals surface area contributed by atoms with E-state index < -0.39 is 9.84 Å². The van der Waals surface area contributed by atoms with Gasteiger partial charge in [0, 0.05) is 18.6 Å². The number of carbonyl (C=O) groups is 1. The smallest absolute Gasteiger partial charge is 0.287 e. The lowest BCUT2D eigenvalue weighted by molar-refractivity contribution is -0.116. The number of nitrogens with zero attached hydrogens (tertiary/aromatic N) is 2. The number of benzene rings is 1. The van der Waals surface area contributed by atoms with Gasteiger partial charge in [-0.05, 0) is 31.5 Å². The van der Waals surface area contributed by atoms with Crippen molar-refractivity contribution in [2.45, 2.75) is 45.1 Å². The van der Waals surface area contributed by atoms with Crippen LogP contribution in [-0.2, 0) is 21.2 Å². The van der Waals surface area contributed by atoms with Crippen LogP contribution in [0.25, 0.3) is 5.65 Å². The van der Waals surface area contributed by atoms with Crippen molar-refractivity contribution in [2.24, 2.45) is 0 Å². The molecule has 0 aliphatic rings. The standard InChI is InChI=1S/C20H23N3O6S/c1-4-6-19(24)22-16-11-15(30(26,27)5-2)7-8-17(16)28-12-14-10-20(25)23-18(21-14)9-13(3)29-23/h7-11H,4-6,12H2,1-3H3,(H,22,24). The molecule has 0 atom stereocenters. The van der Waals surface area contributed by atoms with Crippen LogP contribution in [0.15, 0.2) is 44.5 Å². The van der Waals surface area contributed by atoms with Crippen molar-refractivity contribution in [1.29, 1.82) is 0 Å². The van der Waals surface area contributed by atoms with Gasteiger partial charge in [-0.2, -0.15) is 0 Å². The minimum Gasteiger partial charge on any atom is -0.485 e. The first-order chi connectivity index (χ1) is 14.2. The first-order valence-electron chi connectivity index (χ1n) is 9.52. The van der Waals surface area contributed by atoms with E-state index in [2.05, 4.69) is 10.3 Å². The van der Waals surface area contributed by atoms with Gasteiger partial charge in [-0.1, -0.05) is 13.8 Å². The van der Waals surface area contributed by atoms with E-state index in [1.807, 2.05) is 6.92 Å². The van der Waals surface area contributed by atoms with Crippen LogP contribution in [0.2, 0.25) is 0 Å². The van der Waals surface area contributed by atoms with Crippen LogP contribution in [-0.4, -0.2) is 29.6 Å². The van der Waals surface area contributed by atoms with Crippen LogP contribution < -0.4 is 15.6 Å². The fourth-order valence-corrected chi connectivity index (χ4v) is 3.74. The third-order valence-corrected chi connectivity index (χ3v) is 6.07. The lowest BCUT2D eigenvalue weighted by atomic mass is 10.2. The molecule has 0 aliphatic heterocycles. The van der Waals surface area contributed by atoms with Gasteiger partial charge in [0.15, 0.2) is 15.5 Å². The maximum Gasteiger partial charge on any atom is 0.287 e. The highest BCUT2D eigenvalue weighted by atomic mass is 32.2. The maximum absolute atomic E-state index is 12.2. The third kappa shape index (κ3) is 4.70. The van der Waals surface area contributed by atoms with Crippen molar-refractivity contribution in [3.8, 4) is 5.75 Å². The number of anilines is 1. The summed E-state index contributed by atoms with van der Waals surface area (Å²) in [5, 5.41) is 2.70. The van der Waals surface area contributed by atoms with Crippen LogP contribution in [0, 0.1) is 6.92 Å². The Labute approximate surface area is 173 Å². The number of carbonyl (C=O) groups excluding carboxylic acids is 1. The summed E-state index contributed by atoms with van der Waals surface area (Å²) in [6.07, 6.45) is 0.936. The lowest BCUT2D eigenvalue weighted by Crippen LogP contribution is -2.15. The second kappa shape index (κ2) is 8.70. The van der Waals surface area contributed by atoms with Crippen LogP contribution >= 0.6 is 0 Å². The second-order valence-corrected chi connectivity index (χ2v) is 9.01. The fraction of sp³-hybridized carbons (Fsp3) is 0.350. The quantitative estimate of drug-likeness (QED) is 0.580. The van der Waals surface area contributed by atoms with Crippen LogP contribution in [0.3, 0.4) is 0 Å². The molecule has 1 amide bonds. The van der Waals surface area contributed by atoms with E-state index in [1.165, 1.54) is 24.3 Å². The molecule has 0 saturated carbocycles. The molecule has 30 heavy (non-hydrogen) atoms. The molecule has 2 aromatic heterocycles.